The Morgan fingerprint density at radius 1 is 1.40 bits per heavy atom. The second-order valence-electron chi connectivity index (χ2n) is 2.55. The zero-order chi connectivity index (χ0) is 11.6. The minimum Gasteiger partial charge on any atom is -0.405 e. The molecule has 0 aliphatic rings. The highest BCUT2D eigenvalue weighted by Gasteiger charge is 2.32. The number of halogens is 4. The topological polar surface area (TPSA) is 52.3 Å². The van der Waals surface area contributed by atoms with Crippen LogP contribution >= 0.6 is 15.9 Å². The molecule has 0 saturated carbocycles. The van der Waals surface area contributed by atoms with E-state index in [0.29, 0.717) is 4.47 Å². The molecule has 15 heavy (non-hydrogen) atoms. The van der Waals surface area contributed by atoms with Crippen LogP contribution in [-0.2, 0) is 0 Å². The number of nitrogens with two attached hydrogens (primary N) is 1. The van der Waals surface area contributed by atoms with Crippen LogP contribution in [0.5, 0.6) is 5.75 Å². The van der Waals surface area contributed by atoms with Gasteiger partial charge in [-0.15, -0.1) is 13.2 Å². The molecule has 0 bridgehead atoms. The summed E-state index contributed by atoms with van der Waals surface area (Å²) in [4.78, 5) is 10.8. The summed E-state index contributed by atoms with van der Waals surface area (Å²) in [5, 5.41) is 0. The van der Waals surface area contributed by atoms with Gasteiger partial charge >= 0.3 is 6.36 Å². The van der Waals surface area contributed by atoms with Gasteiger partial charge < -0.3 is 10.5 Å². The van der Waals surface area contributed by atoms with Gasteiger partial charge in [0.25, 0.3) is 5.91 Å². The first kappa shape index (κ1) is 11.8. The summed E-state index contributed by atoms with van der Waals surface area (Å²) in [6.07, 6.45) is -4.86. The SMILES string of the molecule is NC(=O)c1ccc(Br)cc1OC(F)(F)F. The van der Waals surface area contributed by atoms with Crippen molar-refractivity contribution in [2.45, 2.75) is 6.36 Å². The van der Waals surface area contributed by atoms with Crippen molar-refractivity contribution in [1.29, 1.82) is 0 Å². The summed E-state index contributed by atoms with van der Waals surface area (Å²) in [6, 6.07) is 3.56. The molecule has 0 unspecified atom stereocenters. The van der Waals surface area contributed by atoms with E-state index in [4.69, 9.17) is 5.73 Å². The number of benzene rings is 1. The van der Waals surface area contributed by atoms with Crippen LogP contribution in [0.4, 0.5) is 13.2 Å². The number of ether oxygens (including phenoxy) is 1. The summed E-state index contributed by atoms with van der Waals surface area (Å²) in [5.41, 5.74) is 4.56. The van der Waals surface area contributed by atoms with Crippen molar-refractivity contribution >= 4 is 21.8 Å². The van der Waals surface area contributed by atoms with Crippen molar-refractivity contribution in [2.24, 2.45) is 5.73 Å². The maximum absolute atomic E-state index is 11.9. The molecule has 0 aliphatic heterocycles. The first-order valence-corrected chi connectivity index (χ1v) is 4.44. The lowest BCUT2D eigenvalue weighted by atomic mass is 10.2. The third-order valence-corrected chi connectivity index (χ3v) is 1.93. The molecule has 0 atom stereocenters. The monoisotopic (exact) mass is 283 g/mol. The van der Waals surface area contributed by atoms with Gasteiger partial charge in [0.2, 0.25) is 0 Å². The van der Waals surface area contributed by atoms with Gasteiger partial charge in [-0.25, -0.2) is 0 Å². The molecule has 82 valence electrons. The average molecular weight is 284 g/mol. The van der Waals surface area contributed by atoms with E-state index in [9.17, 15) is 18.0 Å². The number of hydrogen-bond acceptors (Lipinski definition) is 2. The van der Waals surface area contributed by atoms with E-state index < -0.39 is 18.0 Å². The summed E-state index contributed by atoms with van der Waals surface area (Å²) < 4.78 is 39.8. The van der Waals surface area contributed by atoms with Crippen molar-refractivity contribution in [2.75, 3.05) is 0 Å². The Morgan fingerprint density at radius 3 is 2.47 bits per heavy atom. The zero-order valence-electron chi connectivity index (χ0n) is 7.14. The van der Waals surface area contributed by atoms with Gasteiger partial charge in [-0.2, -0.15) is 0 Å². The summed E-state index contributed by atoms with van der Waals surface area (Å²) in [7, 11) is 0. The lowest BCUT2D eigenvalue weighted by Gasteiger charge is -2.11. The van der Waals surface area contributed by atoms with E-state index in [1.807, 2.05) is 0 Å². The average Bonchev–Trinajstić information content (AvgIpc) is 1.99. The van der Waals surface area contributed by atoms with E-state index in [2.05, 4.69) is 20.7 Å². The fraction of sp³-hybridized carbons (Fsp3) is 0.125. The Bertz CT molecular complexity index is 392. The number of carbonyl (C=O) groups excluding carboxylic acids is 1. The number of carbonyl (C=O) groups is 1. The Hall–Kier alpha value is -1.24. The van der Waals surface area contributed by atoms with E-state index >= 15 is 0 Å². The predicted molar refractivity (Wildman–Crippen MR) is 49.3 cm³/mol. The van der Waals surface area contributed by atoms with E-state index in [1.54, 1.807) is 0 Å². The lowest BCUT2D eigenvalue weighted by Crippen LogP contribution is -2.21. The molecule has 0 aromatic heterocycles. The Kier molecular flexibility index (Phi) is 3.23. The minimum atomic E-state index is -4.86. The minimum absolute atomic E-state index is 0.324. The largest absolute Gasteiger partial charge is 0.573 e. The molecule has 1 amide bonds. The molecular weight excluding hydrogens is 279 g/mol. The van der Waals surface area contributed by atoms with Crippen molar-refractivity contribution in [1.82, 2.24) is 0 Å². The third kappa shape index (κ3) is 3.43. The van der Waals surface area contributed by atoms with Crippen molar-refractivity contribution < 1.29 is 22.7 Å². The van der Waals surface area contributed by atoms with Crippen LogP contribution in [-0.4, -0.2) is 12.3 Å². The van der Waals surface area contributed by atoms with Crippen LogP contribution in [0.3, 0.4) is 0 Å². The summed E-state index contributed by atoms with van der Waals surface area (Å²) in [5.74, 6) is -1.61. The molecule has 0 heterocycles. The van der Waals surface area contributed by atoms with Crippen molar-refractivity contribution in [3.63, 3.8) is 0 Å². The molecule has 0 aliphatic carbocycles. The third-order valence-electron chi connectivity index (χ3n) is 1.43. The number of alkyl halides is 3. The Balaban J connectivity index is 3.13. The molecule has 2 N–H and O–H groups in total. The number of primary amides is 1. The normalized spacial score (nSPS) is 11.2. The van der Waals surface area contributed by atoms with Gasteiger partial charge in [-0.1, -0.05) is 15.9 Å². The van der Waals surface area contributed by atoms with Gasteiger partial charge in [-0.3, -0.25) is 4.79 Å². The predicted octanol–water partition coefficient (Wildman–Crippen LogP) is 2.45. The molecule has 7 heteroatoms. The molecule has 3 nitrogen and oxygen atoms in total. The van der Waals surface area contributed by atoms with Crippen LogP contribution in [0.1, 0.15) is 10.4 Å². The van der Waals surface area contributed by atoms with Crippen LogP contribution < -0.4 is 10.5 Å². The van der Waals surface area contributed by atoms with Gasteiger partial charge in [0, 0.05) is 4.47 Å². The van der Waals surface area contributed by atoms with Crippen LogP contribution in [0.25, 0.3) is 0 Å². The van der Waals surface area contributed by atoms with Crippen molar-refractivity contribution in [3.05, 3.63) is 28.2 Å². The molecule has 1 aromatic rings. The lowest BCUT2D eigenvalue weighted by molar-refractivity contribution is -0.274. The van der Waals surface area contributed by atoms with Gasteiger partial charge in [0.15, 0.2) is 0 Å². The van der Waals surface area contributed by atoms with Crippen LogP contribution in [0.15, 0.2) is 22.7 Å². The standard InChI is InChI=1S/C8H5BrF3NO2/c9-4-1-2-5(7(13)14)6(3-4)15-8(10,11)12/h1-3H,(H2,13,14). The zero-order valence-corrected chi connectivity index (χ0v) is 8.72. The number of hydrogen-bond donors (Lipinski definition) is 1. The number of rotatable bonds is 2. The fourth-order valence-electron chi connectivity index (χ4n) is 0.909. The van der Waals surface area contributed by atoms with Crippen LogP contribution in [0, 0.1) is 0 Å². The molecule has 1 aromatic carbocycles. The van der Waals surface area contributed by atoms with Crippen LogP contribution in [0.2, 0.25) is 0 Å². The van der Waals surface area contributed by atoms with Gasteiger partial charge in [-0.05, 0) is 18.2 Å². The molecule has 0 saturated heterocycles. The van der Waals surface area contributed by atoms with E-state index in [-0.39, 0.29) is 5.56 Å². The second-order valence-corrected chi connectivity index (χ2v) is 3.47. The summed E-state index contributed by atoms with van der Waals surface area (Å²) in [6.45, 7) is 0. The van der Waals surface area contributed by atoms with Gasteiger partial charge in [0.1, 0.15) is 5.75 Å². The second kappa shape index (κ2) is 4.09. The quantitative estimate of drug-likeness (QED) is 0.906. The molecular formula is C8H5BrF3NO2. The smallest absolute Gasteiger partial charge is 0.405 e. The van der Waals surface area contributed by atoms with E-state index in [0.717, 1.165) is 12.1 Å². The van der Waals surface area contributed by atoms with Gasteiger partial charge in [0.05, 0.1) is 5.56 Å². The highest BCUT2D eigenvalue weighted by molar-refractivity contribution is 9.10. The Morgan fingerprint density at radius 2 is 2.00 bits per heavy atom. The first-order chi connectivity index (χ1) is 6.79. The first-order valence-electron chi connectivity index (χ1n) is 3.65. The maximum atomic E-state index is 11.9. The molecule has 0 spiro atoms. The number of amides is 1. The summed E-state index contributed by atoms with van der Waals surface area (Å²) >= 11 is 2.95. The highest BCUT2D eigenvalue weighted by atomic mass is 79.9. The maximum Gasteiger partial charge on any atom is 0.573 e. The fourth-order valence-corrected chi connectivity index (χ4v) is 1.25. The molecule has 0 radical (unpaired) electrons. The molecule has 0 fully saturated rings. The van der Waals surface area contributed by atoms with E-state index in [1.165, 1.54) is 6.07 Å². The van der Waals surface area contributed by atoms with Crippen molar-refractivity contribution in [3.8, 4) is 5.75 Å². The Labute approximate surface area is 91.1 Å². The molecule has 1 rings (SSSR count). The highest BCUT2D eigenvalue weighted by Crippen LogP contribution is 2.28.